The normalized spacial score (nSPS) is 15.7. The Kier molecular flexibility index (Phi) is 4.34. The van der Waals surface area contributed by atoms with E-state index in [0.717, 1.165) is 22.4 Å². The maximum Gasteiger partial charge on any atom is 0.232 e. The number of benzene rings is 2. The molecule has 1 heterocycles. The maximum absolute atomic E-state index is 12.5. The zero-order valence-corrected chi connectivity index (χ0v) is 14.3. The van der Waals surface area contributed by atoms with Gasteiger partial charge in [0.1, 0.15) is 5.75 Å². The number of hydrogen-bond donors (Lipinski definition) is 1. The minimum absolute atomic E-state index is 0.0103. The number of nitrogens with one attached hydrogen (secondary N) is 1. The zero-order valence-electron chi connectivity index (χ0n) is 14.3. The average molecular weight is 327 g/mol. The molecule has 3 rings (SSSR count). The van der Waals surface area contributed by atoms with Crippen LogP contribution < -0.4 is 19.5 Å². The Balaban J connectivity index is 2.00. The Bertz CT molecular complexity index is 785. The van der Waals surface area contributed by atoms with Gasteiger partial charge in [0.05, 0.1) is 27.2 Å². The third-order valence-corrected chi connectivity index (χ3v) is 4.46. The van der Waals surface area contributed by atoms with Crippen molar-refractivity contribution in [3.8, 4) is 17.2 Å². The van der Waals surface area contributed by atoms with Gasteiger partial charge in [0.2, 0.25) is 5.91 Å². The predicted octanol–water partition coefficient (Wildman–Crippen LogP) is 3.30. The molecule has 0 radical (unpaired) electrons. The lowest BCUT2D eigenvalue weighted by Crippen LogP contribution is -2.15. The van der Waals surface area contributed by atoms with Gasteiger partial charge in [-0.15, -0.1) is 0 Å². The Morgan fingerprint density at radius 1 is 1.00 bits per heavy atom. The quantitative estimate of drug-likeness (QED) is 0.915. The van der Waals surface area contributed by atoms with Gasteiger partial charge in [0.25, 0.3) is 0 Å². The van der Waals surface area contributed by atoms with Crippen LogP contribution in [0, 0.1) is 6.92 Å². The number of rotatable bonds is 5. The van der Waals surface area contributed by atoms with E-state index in [0.29, 0.717) is 23.7 Å². The van der Waals surface area contributed by atoms with Gasteiger partial charge in [0.15, 0.2) is 11.5 Å². The number of methoxy groups -OCH3 is 3. The van der Waals surface area contributed by atoms with Crippen LogP contribution in [0.2, 0.25) is 0 Å². The maximum atomic E-state index is 12.5. The molecule has 24 heavy (non-hydrogen) atoms. The molecule has 1 aliphatic heterocycles. The first-order valence-corrected chi connectivity index (χ1v) is 7.78. The van der Waals surface area contributed by atoms with Crippen LogP contribution in [0.3, 0.4) is 0 Å². The summed E-state index contributed by atoms with van der Waals surface area (Å²) in [6.07, 6.45) is 0.534. The van der Waals surface area contributed by atoms with E-state index >= 15 is 0 Å². The van der Waals surface area contributed by atoms with E-state index in [-0.39, 0.29) is 11.8 Å². The number of carbonyl (C=O) groups excluding carboxylic acids is 1. The highest BCUT2D eigenvalue weighted by Crippen LogP contribution is 2.41. The molecule has 0 aliphatic carbocycles. The van der Waals surface area contributed by atoms with Gasteiger partial charge in [-0.2, -0.15) is 0 Å². The monoisotopic (exact) mass is 327 g/mol. The van der Waals surface area contributed by atoms with Crippen molar-refractivity contribution in [1.29, 1.82) is 0 Å². The first kappa shape index (κ1) is 16.2. The first-order chi connectivity index (χ1) is 11.6. The van der Waals surface area contributed by atoms with Crippen LogP contribution >= 0.6 is 0 Å². The molecule has 5 heteroatoms. The second-order valence-electron chi connectivity index (χ2n) is 5.80. The number of hydrogen-bond acceptors (Lipinski definition) is 4. The van der Waals surface area contributed by atoms with Crippen LogP contribution in [0.1, 0.15) is 22.6 Å². The molecule has 1 N–H and O–H groups in total. The molecule has 126 valence electrons. The molecule has 0 saturated heterocycles. The van der Waals surface area contributed by atoms with E-state index in [4.69, 9.17) is 14.2 Å². The number of ether oxygens (including phenoxy) is 3. The van der Waals surface area contributed by atoms with Crippen molar-refractivity contribution in [2.75, 3.05) is 26.6 Å². The Morgan fingerprint density at radius 2 is 1.67 bits per heavy atom. The van der Waals surface area contributed by atoms with E-state index in [9.17, 15) is 4.79 Å². The summed E-state index contributed by atoms with van der Waals surface area (Å²) in [4.78, 5) is 12.5. The summed E-state index contributed by atoms with van der Waals surface area (Å²) in [6, 6.07) is 9.64. The molecule has 2 aromatic carbocycles. The van der Waals surface area contributed by atoms with Gasteiger partial charge in [-0.1, -0.05) is 18.2 Å². The topological polar surface area (TPSA) is 56.8 Å². The van der Waals surface area contributed by atoms with Crippen LogP contribution in [0.4, 0.5) is 5.69 Å². The molecule has 1 aliphatic rings. The Morgan fingerprint density at radius 3 is 2.33 bits per heavy atom. The highest BCUT2D eigenvalue weighted by molar-refractivity contribution is 6.03. The van der Waals surface area contributed by atoms with E-state index in [1.807, 2.05) is 31.2 Å². The molecule has 1 amide bonds. The molecule has 2 aromatic rings. The lowest BCUT2D eigenvalue weighted by Gasteiger charge is -2.16. The van der Waals surface area contributed by atoms with E-state index < -0.39 is 0 Å². The van der Waals surface area contributed by atoms with Crippen molar-refractivity contribution in [1.82, 2.24) is 0 Å². The smallest absolute Gasteiger partial charge is 0.232 e. The molecule has 0 fully saturated rings. The standard InChI is InChI=1S/C19H21NO4/c1-11-6-5-7-13-14(19(21)20-18(11)13)8-12-9-16(23-3)17(24-4)10-15(12)22-2/h5-7,9-10,14H,8H2,1-4H3,(H,20,21)/t14-/m1/s1. The first-order valence-electron chi connectivity index (χ1n) is 7.78. The van der Waals surface area contributed by atoms with Gasteiger partial charge in [-0.05, 0) is 36.1 Å². The van der Waals surface area contributed by atoms with E-state index in [2.05, 4.69) is 5.32 Å². The van der Waals surface area contributed by atoms with Gasteiger partial charge >= 0.3 is 0 Å². The Hall–Kier alpha value is -2.69. The molecule has 0 saturated carbocycles. The predicted molar refractivity (Wildman–Crippen MR) is 92.4 cm³/mol. The summed E-state index contributed by atoms with van der Waals surface area (Å²) in [6.45, 7) is 2.00. The van der Waals surface area contributed by atoms with Crippen LogP contribution in [0.5, 0.6) is 17.2 Å². The van der Waals surface area contributed by atoms with Crippen LogP contribution in [0.15, 0.2) is 30.3 Å². The highest BCUT2D eigenvalue weighted by atomic mass is 16.5. The molecule has 0 bridgehead atoms. The minimum atomic E-state index is -0.244. The summed E-state index contributed by atoms with van der Waals surface area (Å²) in [5.41, 5.74) is 3.93. The van der Waals surface area contributed by atoms with E-state index in [1.165, 1.54) is 0 Å². The SMILES string of the molecule is COc1cc(OC)c(OC)cc1C[C@H]1C(=O)Nc2c(C)cccc21. The van der Waals surface area contributed by atoms with Crippen molar-refractivity contribution >= 4 is 11.6 Å². The second kappa shape index (κ2) is 6.43. The summed E-state index contributed by atoms with van der Waals surface area (Å²) < 4.78 is 16.2. The molecular formula is C19H21NO4. The summed E-state index contributed by atoms with van der Waals surface area (Å²) in [7, 11) is 4.78. The fourth-order valence-electron chi connectivity index (χ4n) is 3.18. The van der Waals surface area contributed by atoms with Gasteiger partial charge in [0, 0.05) is 11.8 Å². The van der Waals surface area contributed by atoms with Gasteiger partial charge < -0.3 is 19.5 Å². The number of carbonyl (C=O) groups is 1. The largest absolute Gasteiger partial charge is 0.496 e. The molecule has 0 unspecified atom stereocenters. The van der Waals surface area contributed by atoms with Crippen molar-refractivity contribution < 1.29 is 19.0 Å². The molecule has 5 nitrogen and oxygen atoms in total. The lowest BCUT2D eigenvalue weighted by molar-refractivity contribution is -0.117. The van der Waals surface area contributed by atoms with Crippen LogP contribution in [-0.2, 0) is 11.2 Å². The zero-order chi connectivity index (χ0) is 17.3. The highest BCUT2D eigenvalue weighted by Gasteiger charge is 2.32. The van der Waals surface area contributed by atoms with Gasteiger partial charge in [-0.25, -0.2) is 0 Å². The molecule has 1 atom stereocenters. The molecular weight excluding hydrogens is 306 g/mol. The summed E-state index contributed by atoms with van der Waals surface area (Å²) >= 11 is 0. The number of fused-ring (bicyclic) bond motifs is 1. The van der Waals surface area contributed by atoms with Gasteiger partial charge in [-0.3, -0.25) is 4.79 Å². The number of aryl methyl sites for hydroxylation is 1. The summed E-state index contributed by atoms with van der Waals surface area (Å²) in [5.74, 6) is 1.67. The minimum Gasteiger partial charge on any atom is -0.496 e. The number of para-hydroxylation sites is 1. The third-order valence-electron chi connectivity index (χ3n) is 4.46. The molecule has 0 spiro atoms. The number of anilines is 1. The van der Waals surface area contributed by atoms with Crippen molar-refractivity contribution in [3.63, 3.8) is 0 Å². The van der Waals surface area contributed by atoms with E-state index in [1.54, 1.807) is 27.4 Å². The fourth-order valence-corrected chi connectivity index (χ4v) is 3.18. The average Bonchev–Trinajstić information content (AvgIpc) is 2.92. The third kappa shape index (κ3) is 2.66. The van der Waals surface area contributed by atoms with Crippen molar-refractivity contribution in [2.45, 2.75) is 19.3 Å². The van der Waals surface area contributed by atoms with Crippen LogP contribution in [-0.4, -0.2) is 27.2 Å². The van der Waals surface area contributed by atoms with Crippen LogP contribution in [0.25, 0.3) is 0 Å². The Labute approximate surface area is 141 Å². The summed E-state index contributed by atoms with van der Waals surface area (Å²) in [5, 5.41) is 2.99. The van der Waals surface area contributed by atoms with Crippen molar-refractivity contribution in [2.24, 2.45) is 0 Å². The number of amides is 1. The lowest BCUT2D eigenvalue weighted by atomic mass is 9.91. The second-order valence-corrected chi connectivity index (χ2v) is 5.80. The van der Waals surface area contributed by atoms with Crippen molar-refractivity contribution in [3.05, 3.63) is 47.0 Å². The fraction of sp³-hybridized carbons (Fsp3) is 0.316. The molecule has 0 aromatic heterocycles.